The van der Waals surface area contributed by atoms with Gasteiger partial charge in [-0.1, -0.05) is 0 Å². The maximum Gasteiger partial charge on any atom is 0.335 e. The van der Waals surface area contributed by atoms with Crippen LogP contribution in [0.2, 0.25) is 0 Å². The van der Waals surface area contributed by atoms with E-state index in [2.05, 4.69) is 4.84 Å². The molecule has 2 rings (SSSR count). The molecular formula is C17H22N2O9. The molecule has 0 aliphatic carbocycles. The van der Waals surface area contributed by atoms with Crippen molar-refractivity contribution in [2.75, 3.05) is 46.2 Å². The Morgan fingerprint density at radius 2 is 1.29 bits per heavy atom. The molecule has 0 aromatic rings. The summed E-state index contributed by atoms with van der Waals surface area (Å²) in [7, 11) is 0. The number of hydrogen-bond acceptors (Lipinski definition) is 9. The molecule has 0 unspecified atom stereocenters. The van der Waals surface area contributed by atoms with Crippen molar-refractivity contribution in [3.63, 3.8) is 0 Å². The summed E-state index contributed by atoms with van der Waals surface area (Å²) in [4.78, 5) is 62.5. The lowest BCUT2D eigenvalue weighted by Crippen LogP contribution is -2.33. The molecule has 2 heterocycles. The minimum atomic E-state index is -0.719. The maximum absolute atomic E-state index is 11.5. The van der Waals surface area contributed by atoms with Crippen LogP contribution < -0.4 is 0 Å². The monoisotopic (exact) mass is 398 g/mol. The lowest BCUT2D eigenvalue weighted by Gasteiger charge is -2.13. The van der Waals surface area contributed by atoms with Gasteiger partial charge in [-0.05, 0) is 0 Å². The second kappa shape index (κ2) is 11.3. The van der Waals surface area contributed by atoms with E-state index in [9.17, 15) is 24.0 Å². The fourth-order valence-corrected chi connectivity index (χ4v) is 2.31. The van der Waals surface area contributed by atoms with Gasteiger partial charge in [0.05, 0.1) is 52.6 Å². The van der Waals surface area contributed by atoms with Crippen LogP contribution in [0.1, 0.15) is 19.3 Å². The molecule has 0 aromatic carbocycles. The fraction of sp³-hybridized carbons (Fsp3) is 0.588. The molecular weight excluding hydrogens is 376 g/mol. The van der Waals surface area contributed by atoms with Gasteiger partial charge < -0.3 is 19.0 Å². The number of carbonyl (C=O) groups excluding carboxylic acids is 5. The largest absolute Gasteiger partial charge is 0.378 e. The van der Waals surface area contributed by atoms with Gasteiger partial charge >= 0.3 is 5.97 Å². The average molecular weight is 398 g/mol. The van der Waals surface area contributed by atoms with Crippen LogP contribution in [0.15, 0.2) is 12.2 Å². The van der Waals surface area contributed by atoms with E-state index in [1.165, 1.54) is 12.2 Å². The molecule has 28 heavy (non-hydrogen) atoms. The molecule has 0 spiro atoms. The fourth-order valence-electron chi connectivity index (χ4n) is 2.31. The number of carbonyl (C=O) groups is 5. The van der Waals surface area contributed by atoms with Crippen LogP contribution in [0.25, 0.3) is 0 Å². The number of ether oxygens (including phenoxy) is 3. The van der Waals surface area contributed by atoms with Crippen molar-refractivity contribution < 1.29 is 43.0 Å². The molecule has 11 heteroatoms. The maximum atomic E-state index is 11.5. The molecule has 2 aliphatic heterocycles. The minimum absolute atomic E-state index is 0.0510. The molecule has 11 nitrogen and oxygen atoms in total. The first-order chi connectivity index (χ1) is 13.5. The van der Waals surface area contributed by atoms with Crippen molar-refractivity contribution >= 4 is 29.6 Å². The van der Waals surface area contributed by atoms with Crippen LogP contribution in [0.4, 0.5) is 0 Å². The third-order valence-electron chi connectivity index (χ3n) is 3.75. The van der Waals surface area contributed by atoms with E-state index in [0.29, 0.717) is 18.3 Å². The molecule has 0 bridgehead atoms. The van der Waals surface area contributed by atoms with Gasteiger partial charge in [-0.2, -0.15) is 0 Å². The van der Waals surface area contributed by atoms with Crippen LogP contribution in [0.3, 0.4) is 0 Å². The normalized spacial score (nSPS) is 16.6. The van der Waals surface area contributed by atoms with E-state index in [1.54, 1.807) is 0 Å². The van der Waals surface area contributed by atoms with Gasteiger partial charge in [0.1, 0.15) is 0 Å². The van der Waals surface area contributed by atoms with E-state index in [0.717, 1.165) is 4.90 Å². The zero-order valence-electron chi connectivity index (χ0n) is 15.3. The SMILES string of the molecule is O=C(CCOCCOCCOCCN1C(=O)C=CC1=O)ON1C(=O)CCC1=O. The van der Waals surface area contributed by atoms with Gasteiger partial charge in [-0.15, -0.1) is 5.06 Å². The molecule has 1 fully saturated rings. The lowest BCUT2D eigenvalue weighted by molar-refractivity contribution is -0.198. The second-order valence-electron chi connectivity index (χ2n) is 5.79. The molecule has 1 saturated heterocycles. The van der Waals surface area contributed by atoms with Gasteiger partial charge in [0.2, 0.25) is 0 Å². The summed E-state index contributed by atoms with van der Waals surface area (Å²) in [6.45, 7) is 1.63. The number of hydroxylamine groups is 2. The third kappa shape index (κ3) is 6.83. The highest BCUT2D eigenvalue weighted by molar-refractivity contribution is 6.12. The summed E-state index contributed by atoms with van der Waals surface area (Å²) in [5.74, 6) is -2.45. The predicted octanol–water partition coefficient (Wildman–Crippen LogP) is -1.04. The molecule has 0 radical (unpaired) electrons. The summed E-state index contributed by atoms with van der Waals surface area (Å²) in [6.07, 6.45) is 2.45. The van der Waals surface area contributed by atoms with E-state index in [-0.39, 0.29) is 64.0 Å². The van der Waals surface area contributed by atoms with E-state index in [1.807, 2.05) is 0 Å². The number of amides is 4. The van der Waals surface area contributed by atoms with E-state index in [4.69, 9.17) is 14.2 Å². The van der Waals surface area contributed by atoms with Crippen molar-refractivity contribution in [3.8, 4) is 0 Å². The first-order valence-electron chi connectivity index (χ1n) is 8.82. The molecule has 0 aromatic heterocycles. The Bertz CT molecular complexity index is 613. The summed E-state index contributed by atoms with van der Waals surface area (Å²) >= 11 is 0. The molecule has 0 N–H and O–H groups in total. The van der Waals surface area contributed by atoms with Crippen LogP contribution in [-0.4, -0.2) is 85.7 Å². The molecule has 2 aliphatic rings. The minimum Gasteiger partial charge on any atom is -0.378 e. The number of nitrogens with zero attached hydrogens (tertiary/aromatic N) is 2. The van der Waals surface area contributed by atoms with Crippen LogP contribution >= 0.6 is 0 Å². The quantitative estimate of drug-likeness (QED) is 0.282. The summed E-state index contributed by atoms with van der Waals surface area (Å²) < 4.78 is 15.7. The summed E-state index contributed by atoms with van der Waals surface area (Å²) in [5, 5.41) is 0.498. The highest BCUT2D eigenvalue weighted by Gasteiger charge is 2.32. The first-order valence-corrected chi connectivity index (χ1v) is 8.82. The number of hydrogen-bond donors (Lipinski definition) is 0. The predicted molar refractivity (Wildman–Crippen MR) is 90.1 cm³/mol. The van der Waals surface area contributed by atoms with Gasteiger partial charge in [0.25, 0.3) is 23.6 Å². The highest BCUT2D eigenvalue weighted by Crippen LogP contribution is 2.12. The van der Waals surface area contributed by atoms with Crippen molar-refractivity contribution in [2.45, 2.75) is 19.3 Å². The summed E-state index contributed by atoms with van der Waals surface area (Å²) in [5.41, 5.74) is 0. The van der Waals surface area contributed by atoms with Gasteiger partial charge in [0.15, 0.2) is 0 Å². The zero-order valence-corrected chi connectivity index (χ0v) is 15.3. The number of rotatable bonds is 13. The third-order valence-corrected chi connectivity index (χ3v) is 3.75. The zero-order chi connectivity index (χ0) is 20.4. The summed E-state index contributed by atoms with van der Waals surface area (Å²) in [6, 6.07) is 0. The van der Waals surface area contributed by atoms with Crippen molar-refractivity contribution in [1.82, 2.24) is 9.96 Å². The molecule has 154 valence electrons. The van der Waals surface area contributed by atoms with Gasteiger partial charge in [-0.3, -0.25) is 24.1 Å². The van der Waals surface area contributed by atoms with Gasteiger partial charge in [-0.25, -0.2) is 4.79 Å². The second-order valence-corrected chi connectivity index (χ2v) is 5.79. The van der Waals surface area contributed by atoms with Crippen molar-refractivity contribution in [3.05, 3.63) is 12.2 Å². The Morgan fingerprint density at radius 3 is 1.86 bits per heavy atom. The van der Waals surface area contributed by atoms with Crippen LogP contribution in [0, 0.1) is 0 Å². The Hall–Kier alpha value is -2.63. The molecule has 0 saturated carbocycles. The Kier molecular flexibility index (Phi) is 8.72. The Labute approximate surface area is 161 Å². The standard InChI is InChI=1S/C17H22N2O9/c20-13-1-2-14(21)18(13)6-8-26-10-12-27-11-9-25-7-5-17(24)28-19-15(22)3-4-16(19)23/h1-2H,3-12H2. The van der Waals surface area contributed by atoms with Crippen molar-refractivity contribution in [1.29, 1.82) is 0 Å². The van der Waals surface area contributed by atoms with Gasteiger partial charge in [0, 0.05) is 25.0 Å². The highest BCUT2D eigenvalue weighted by atomic mass is 16.7. The number of imide groups is 2. The lowest BCUT2D eigenvalue weighted by atomic mass is 10.4. The van der Waals surface area contributed by atoms with Crippen LogP contribution in [0.5, 0.6) is 0 Å². The van der Waals surface area contributed by atoms with Crippen LogP contribution in [-0.2, 0) is 43.0 Å². The molecule has 4 amide bonds. The topological polar surface area (TPSA) is 129 Å². The average Bonchev–Trinajstić information content (AvgIpc) is 3.15. The molecule has 0 atom stereocenters. The van der Waals surface area contributed by atoms with E-state index >= 15 is 0 Å². The smallest absolute Gasteiger partial charge is 0.335 e. The Balaban J connectivity index is 1.37. The van der Waals surface area contributed by atoms with E-state index < -0.39 is 17.8 Å². The Morgan fingerprint density at radius 1 is 0.786 bits per heavy atom. The van der Waals surface area contributed by atoms with Crippen molar-refractivity contribution in [2.24, 2.45) is 0 Å². The first kappa shape index (κ1) is 21.7.